The number of nitrogens with one attached hydrogen (secondary N) is 1. The Kier molecular flexibility index (Phi) is 1.62. The Morgan fingerprint density at radius 1 is 1.40 bits per heavy atom. The van der Waals surface area contributed by atoms with E-state index in [-0.39, 0.29) is 28.5 Å². The summed E-state index contributed by atoms with van der Waals surface area (Å²) in [6.07, 6.45) is 1.39. The van der Waals surface area contributed by atoms with E-state index in [1.165, 1.54) is 0 Å². The molecule has 1 saturated heterocycles. The van der Waals surface area contributed by atoms with Gasteiger partial charge in [-0.2, -0.15) is 0 Å². The Morgan fingerprint density at radius 2 is 2.07 bits per heavy atom. The molecule has 0 radical (unpaired) electrons. The zero-order valence-electron chi connectivity index (χ0n) is 9.03. The summed E-state index contributed by atoms with van der Waals surface area (Å²) in [7, 11) is -3.16. The van der Waals surface area contributed by atoms with Gasteiger partial charge in [0.2, 0.25) is 10.0 Å². The summed E-state index contributed by atoms with van der Waals surface area (Å²) in [5.41, 5.74) is -0.288. The normalized spacial score (nSPS) is 54.5. The van der Waals surface area contributed by atoms with Crippen LogP contribution in [-0.4, -0.2) is 31.4 Å². The summed E-state index contributed by atoms with van der Waals surface area (Å²) in [5, 5.41) is 10.1. The summed E-state index contributed by atoms with van der Waals surface area (Å²) in [6, 6.07) is -0.240. The molecule has 1 spiro atoms. The van der Waals surface area contributed by atoms with Crippen molar-refractivity contribution in [2.24, 2.45) is 16.7 Å². The predicted octanol–water partition coefficient (Wildman–Crippen LogP) is 0.0851. The number of hydrogen-bond donors (Lipinski definition) is 2. The van der Waals surface area contributed by atoms with E-state index >= 15 is 0 Å². The topological polar surface area (TPSA) is 66.4 Å². The molecule has 1 aliphatic heterocycles. The molecular weight excluding hydrogens is 214 g/mol. The van der Waals surface area contributed by atoms with Crippen LogP contribution < -0.4 is 4.72 Å². The Balaban J connectivity index is 2.16. The van der Waals surface area contributed by atoms with Crippen molar-refractivity contribution in [1.82, 2.24) is 4.72 Å². The van der Waals surface area contributed by atoms with Crippen LogP contribution in [0.5, 0.6) is 0 Å². The maximum absolute atomic E-state index is 11.6. The minimum Gasteiger partial charge on any atom is -0.391 e. The van der Waals surface area contributed by atoms with Gasteiger partial charge in [-0.05, 0) is 24.2 Å². The highest BCUT2D eigenvalue weighted by Gasteiger charge is 2.72. The average molecular weight is 231 g/mol. The van der Waals surface area contributed by atoms with Crippen molar-refractivity contribution in [3.05, 3.63) is 0 Å². The fourth-order valence-electron chi connectivity index (χ4n) is 4.28. The van der Waals surface area contributed by atoms with Crippen molar-refractivity contribution in [3.63, 3.8) is 0 Å². The molecule has 0 aromatic rings. The van der Waals surface area contributed by atoms with E-state index in [1.807, 2.05) is 0 Å². The summed E-state index contributed by atoms with van der Waals surface area (Å²) < 4.78 is 25.9. The SMILES string of the molecule is CC1(C)[C@H]2CC[C@@]13CS(=O)(=O)N[C@@H]3[C@H]2O. The Bertz CT molecular complexity index is 416. The van der Waals surface area contributed by atoms with E-state index in [9.17, 15) is 13.5 Å². The van der Waals surface area contributed by atoms with E-state index in [0.29, 0.717) is 0 Å². The maximum Gasteiger partial charge on any atom is 0.212 e. The molecule has 4 atom stereocenters. The monoisotopic (exact) mass is 231 g/mol. The molecule has 3 aliphatic rings. The quantitative estimate of drug-likeness (QED) is 0.620. The molecule has 3 fully saturated rings. The number of aliphatic hydroxyl groups is 1. The molecule has 0 aromatic carbocycles. The Morgan fingerprint density at radius 3 is 2.67 bits per heavy atom. The van der Waals surface area contributed by atoms with E-state index in [0.717, 1.165) is 12.8 Å². The van der Waals surface area contributed by atoms with Gasteiger partial charge in [0.15, 0.2) is 0 Å². The molecule has 86 valence electrons. The van der Waals surface area contributed by atoms with Gasteiger partial charge in [-0.25, -0.2) is 13.1 Å². The minimum atomic E-state index is -3.16. The molecule has 4 nitrogen and oxygen atoms in total. The largest absolute Gasteiger partial charge is 0.391 e. The van der Waals surface area contributed by atoms with Gasteiger partial charge in [0, 0.05) is 5.41 Å². The summed E-state index contributed by atoms with van der Waals surface area (Å²) in [4.78, 5) is 0. The summed E-state index contributed by atoms with van der Waals surface area (Å²) >= 11 is 0. The Hall–Kier alpha value is -0.130. The van der Waals surface area contributed by atoms with E-state index in [1.54, 1.807) is 0 Å². The third-order valence-corrected chi connectivity index (χ3v) is 6.72. The highest BCUT2D eigenvalue weighted by molar-refractivity contribution is 7.89. The van der Waals surface area contributed by atoms with Crippen LogP contribution in [0, 0.1) is 16.7 Å². The average Bonchev–Trinajstić information content (AvgIpc) is 2.54. The smallest absolute Gasteiger partial charge is 0.212 e. The molecular formula is C10H17NO3S. The van der Waals surface area contributed by atoms with E-state index in [2.05, 4.69) is 18.6 Å². The van der Waals surface area contributed by atoms with Gasteiger partial charge in [0.25, 0.3) is 0 Å². The van der Waals surface area contributed by atoms with Crippen molar-refractivity contribution >= 4 is 10.0 Å². The van der Waals surface area contributed by atoms with Gasteiger partial charge in [-0.15, -0.1) is 0 Å². The first-order chi connectivity index (χ1) is 6.80. The van der Waals surface area contributed by atoms with Gasteiger partial charge in [-0.3, -0.25) is 0 Å². The van der Waals surface area contributed by atoms with Crippen molar-refractivity contribution in [3.8, 4) is 0 Å². The summed E-state index contributed by atoms with van der Waals surface area (Å²) in [5.74, 6) is 0.455. The third kappa shape index (κ3) is 0.929. The first-order valence-corrected chi connectivity index (χ1v) is 7.13. The second-order valence-corrected chi connectivity index (χ2v) is 7.62. The van der Waals surface area contributed by atoms with Crippen molar-refractivity contribution < 1.29 is 13.5 Å². The van der Waals surface area contributed by atoms with Crippen LogP contribution in [-0.2, 0) is 10.0 Å². The fourth-order valence-corrected chi connectivity index (χ4v) is 6.49. The van der Waals surface area contributed by atoms with Crippen LogP contribution in [0.15, 0.2) is 0 Å². The fraction of sp³-hybridized carbons (Fsp3) is 1.00. The zero-order valence-corrected chi connectivity index (χ0v) is 9.84. The molecule has 5 heteroatoms. The Labute approximate surface area is 90.1 Å². The second-order valence-electron chi connectivity index (χ2n) is 5.87. The highest BCUT2D eigenvalue weighted by atomic mass is 32.2. The first-order valence-electron chi connectivity index (χ1n) is 5.48. The molecule has 2 bridgehead atoms. The predicted molar refractivity (Wildman–Crippen MR) is 55.7 cm³/mol. The number of sulfonamides is 1. The van der Waals surface area contributed by atoms with Crippen molar-refractivity contribution in [1.29, 1.82) is 0 Å². The molecule has 0 aromatic heterocycles. The standard InChI is InChI=1S/C10H17NO3S/c1-9(2)6-3-4-10(9)5-15(13,14)11-8(10)7(6)12/h6-8,11-12H,3-5H2,1-2H3/t6-,7-,8+,10-/m0/s1. The maximum atomic E-state index is 11.6. The molecule has 2 saturated carbocycles. The summed E-state index contributed by atoms with van der Waals surface area (Å²) in [6.45, 7) is 4.22. The lowest BCUT2D eigenvalue weighted by Gasteiger charge is -2.35. The highest BCUT2D eigenvalue weighted by Crippen LogP contribution is 2.67. The van der Waals surface area contributed by atoms with Crippen molar-refractivity contribution in [2.45, 2.75) is 38.8 Å². The second kappa shape index (κ2) is 2.41. The van der Waals surface area contributed by atoms with Gasteiger partial charge in [0.05, 0.1) is 17.9 Å². The van der Waals surface area contributed by atoms with Crippen LogP contribution in [0.3, 0.4) is 0 Å². The number of aliphatic hydroxyl groups excluding tert-OH is 1. The van der Waals surface area contributed by atoms with Gasteiger partial charge >= 0.3 is 0 Å². The van der Waals surface area contributed by atoms with Crippen molar-refractivity contribution in [2.75, 3.05) is 5.75 Å². The van der Waals surface area contributed by atoms with Crippen LogP contribution in [0.25, 0.3) is 0 Å². The number of rotatable bonds is 0. The van der Waals surface area contributed by atoms with Crippen LogP contribution in [0.4, 0.5) is 0 Å². The van der Waals surface area contributed by atoms with Gasteiger partial charge < -0.3 is 5.11 Å². The first kappa shape index (κ1) is 10.1. The van der Waals surface area contributed by atoms with E-state index in [4.69, 9.17) is 0 Å². The molecule has 15 heavy (non-hydrogen) atoms. The molecule has 1 heterocycles. The third-order valence-electron chi connectivity index (χ3n) is 5.21. The lowest BCUT2D eigenvalue weighted by molar-refractivity contribution is 0.0744. The lowest BCUT2D eigenvalue weighted by Crippen LogP contribution is -2.45. The molecule has 0 amide bonds. The van der Waals surface area contributed by atoms with Crippen LogP contribution in [0.2, 0.25) is 0 Å². The van der Waals surface area contributed by atoms with Gasteiger partial charge in [-0.1, -0.05) is 13.8 Å². The molecule has 0 unspecified atom stereocenters. The molecule has 2 N–H and O–H groups in total. The number of hydrogen-bond acceptors (Lipinski definition) is 3. The molecule has 3 rings (SSSR count). The molecule has 2 aliphatic carbocycles. The van der Waals surface area contributed by atoms with Crippen LogP contribution >= 0.6 is 0 Å². The van der Waals surface area contributed by atoms with Gasteiger partial charge in [0.1, 0.15) is 0 Å². The zero-order chi connectivity index (χ0) is 11.1. The number of fused-ring (bicyclic) bond motifs is 1. The van der Waals surface area contributed by atoms with Crippen LogP contribution in [0.1, 0.15) is 26.7 Å². The van der Waals surface area contributed by atoms with E-state index < -0.39 is 16.1 Å². The minimum absolute atomic E-state index is 0.0619. The lowest BCUT2D eigenvalue weighted by atomic mass is 9.69.